The minimum Gasteiger partial charge on any atom is -0.395 e. The van der Waals surface area contributed by atoms with Gasteiger partial charge < -0.3 is 5.11 Å². The van der Waals surface area contributed by atoms with E-state index >= 15 is 0 Å². The van der Waals surface area contributed by atoms with Crippen LogP contribution in [0.3, 0.4) is 0 Å². The van der Waals surface area contributed by atoms with Crippen molar-refractivity contribution in [3.8, 4) is 0 Å². The van der Waals surface area contributed by atoms with Gasteiger partial charge in [0.1, 0.15) is 0 Å². The van der Waals surface area contributed by atoms with Gasteiger partial charge in [0.25, 0.3) is 0 Å². The summed E-state index contributed by atoms with van der Waals surface area (Å²) in [4.78, 5) is 4.97. The summed E-state index contributed by atoms with van der Waals surface area (Å²) in [7, 11) is 0. The Morgan fingerprint density at radius 1 is 1.17 bits per heavy atom. The van der Waals surface area contributed by atoms with Crippen molar-refractivity contribution in [3.05, 3.63) is 0 Å². The van der Waals surface area contributed by atoms with Gasteiger partial charge in [-0.05, 0) is 6.42 Å². The molecule has 0 spiro atoms. The minimum atomic E-state index is 0.326. The first-order valence-electron chi connectivity index (χ1n) is 4.94. The molecule has 4 unspecified atom stereocenters. The van der Waals surface area contributed by atoms with Gasteiger partial charge in [-0.1, -0.05) is 6.92 Å². The molecule has 1 N–H and O–H groups in total. The van der Waals surface area contributed by atoms with E-state index in [4.69, 9.17) is 5.11 Å². The molecule has 0 radical (unpaired) electrons. The Labute approximate surface area is 74.0 Å². The Hall–Kier alpha value is -0.120. The average Bonchev–Trinajstić information content (AvgIpc) is 2.18. The van der Waals surface area contributed by atoms with Crippen LogP contribution in [0.5, 0.6) is 0 Å². The van der Waals surface area contributed by atoms with Gasteiger partial charge in [-0.3, -0.25) is 9.80 Å². The number of hydrogen-bond donors (Lipinski definition) is 1. The highest BCUT2D eigenvalue weighted by atomic mass is 16.3. The predicted molar refractivity (Wildman–Crippen MR) is 48.1 cm³/mol. The summed E-state index contributed by atoms with van der Waals surface area (Å²) in [6.07, 6.45) is 1.24. The van der Waals surface area contributed by atoms with Gasteiger partial charge >= 0.3 is 0 Å². The molecule has 70 valence electrons. The van der Waals surface area contributed by atoms with Crippen molar-refractivity contribution in [1.29, 1.82) is 0 Å². The molecule has 0 aromatic heterocycles. The maximum absolute atomic E-state index is 9.10. The number of nitrogens with zero attached hydrogens (tertiary/aromatic N) is 2. The fraction of sp³-hybridized carbons (Fsp3) is 1.00. The van der Waals surface area contributed by atoms with Crippen LogP contribution in [0.1, 0.15) is 13.3 Å². The van der Waals surface area contributed by atoms with Gasteiger partial charge in [-0.2, -0.15) is 0 Å². The highest BCUT2D eigenvalue weighted by Gasteiger charge is 2.36. The van der Waals surface area contributed by atoms with E-state index in [1.54, 1.807) is 0 Å². The minimum absolute atomic E-state index is 0.326. The van der Waals surface area contributed by atoms with Crippen molar-refractivity contribution in [3.63, 3.8) is 0 Å². The standard InChI is InChI=1S/C9H18N2O/c1-2-8-5-11-4-3-10(8)6-9(11)7-12/h8-9,12H,2-7H2,1H3. The summed E-state index contributed by atoms with van der Waals surface area (Å²) < 4.78 is 0. The maximum Gasteiger partial charge on any atom is 0.0599 e. The molecule has 0 aromatic rings. The molecule has 4 atom stereocenters. The molecule has 0 aromatic carbocycles. The van der Waals surface area contributed by atoms with Gasteiger partial charge in [0.05, 0.1) is 6.61 Å². The first-order chi connectivity index (χ1) is 5.85. The summed E-state index contributed by atoms with van der Waals surface area (Å²) in [6, 6.07) is 1.17. The van der Waals surface area contributed by atoms with Crippen LogP contribution in [0.15, 0.2) is 0 Å². The third-order valence-corrected chi connectivity index (χ3v) is 3.28. The van der Waals surface area contributed by atoms with Crippen molar-refractivity contribution in [1.82, 2.24) is 9.80 Å². The second kappa shape index (κ2) is 3.32. The number of rotatable bonds is 2. The molecular formula is C9H18N2O. The van der Waals surface area contributed by atoms with Crippen molar-refractivity contribution >= 4 is 0 Å². The van der Waals surface area contributed by atoms with Gasteiger partial charge in [-0.15, -0.1) is 0 Å². The summed E-state index contributed by atoms with van der Waals surface area (Å²) >= 11 is 0. The second-order valence-corrected chi connectivity index (χ2v) is 3.89. The van der Waals surface area contributed by atoms with Crippen molar-refractivity contribution in [2.45, 2.75) is 25.4 Å². The summed E-state index contributed by atoms with van der Waals surface area (Å²) in [5.74, 6) is 0. The summed E-state index contributed by atoms with van der Waals surface area (Å²) in [5, 5.41) is 9.10. The van der Waals surface area contributed by atoms with Crippen LogP contribution >= 0.6 is 0 Å². The van der Waals surface area contributed by atoms with E-state index in [1.807, 2.05) is 0 Å². The largest absolute Gasteiger partial charge is 0.395 e. The van der Waals surface area contributed by atoms with Crippen molar-refractivity contribution < 1.29 is 5.11 Å². The Morgan fingerprint density at radius 3 is 2.17 bits per heavy atom. The normalized spacial score (nSPS) is 46.5. The molecule has 3 fully saturated rings. The molecule has 2 bridgehead atoms. The number of aliphatic hydroxyl groups is 1. The van der Waals surface area contributed by atoms with Gasteiger partial charge in [0.2, 0.25) is 0 Å². The number of aliphatic hydroxyl groups excluding tert-OH is 1. The average molecular weight is 170 g/mol. The lowest BCUT2D eigenvalue weighted by molar-refractivity contribution is -0.0476. The van der Waals surface area contributed by atoms with Crippen LogP contribution in [0.2, 0.25) is 0 Å². The Morgan fingerprint density at radius 2 is 1.75 bits per heavy atom. The van der Waals surface area contributed by atoms with Gasteiger partial charge in [-0.25, -0.2) is 0 Å². The number of hydrogen-bond acceptors (Lipinski definition) is 3. The number of fused-ring (bicyclic) bond motifs is 3. The van der Waals surface area contributed by atoms with Crippen LogP contribution < -0.4 is 0 Å². The predicted octanol–water partition coefficient (Wildman–Crippen LogP) is -0.243. The van der Waals surface area contributed by atoms with E-state index in [0.717, 1.165) is 19.1 Å². The van der Waals surface area contributed by atoms with Crippen LogP contribution in [-0.2, 0) is 0 Å². The van der Waals surface area contributed by atoms with E-state index < -0.39 is 0 Å². The topological polar surface area (TPSA) is 26.7 Å². The van der Waals surface area contributed by atoms with Crippen LogP contribution in [0.25, 0.3) is 0 Å². The van der Waals surface area contributed by atoms with E-state index in [1.165, 1.54) is 19.5 Å². The van der Waals surface area contributed by atoms with Crippen LogP contribution in [0.4, 0.5) is 0 Å². The summed E-state index contributed by atoms with van der Waals surface area (Å²) in [5.41, 5.74) is 0. The highest BCUT2D eigenvalue weighted by molar-refractivity contribution is 4.93. The molecule has 3 saturated heterocycles. The van der Waals surface area contributed by atoms with E-state index in [2.05, 4.69) is 16.7 Å². The van der Waals surface area contributed by atoms with E-state index in [-0.39, 0.29) is 0 Å². The Bertz CT molecular complexity index is 145. The fourth-order valence-electron chi connectivity index (χ4n) is 2.44. The van der Waals surface area contributed by atoms with Gasteiger partial charge in [0, 0.05) is 38.3 Å². The molecule has 3 heteroatoms. The molecule has 0 saturated carbocycles. The Kier molecular flexibility index (Phi) is 2.35. The third-order valence-electron chi connectivity index (χ3n) is 3.28. The molecule has 3 rings (SSSR count). The zero-order valence-corrected chi connectivity index (χ0v) is 7.74. The van der Waals surface area contributed by atoms with Crippen LogP contribution in [0, 0.1) is 0 Å². The van der Waals surface area contributed by atoms with Crippen LogP contribution in [-0.4, -0.2) is 59.8 Å². The zero-order valence-electron chi connectivity index (χ0n) is 7.74. The highest BCUT2D eigenvalue weighted by Crippen LogP contribution is 2.21. The van der Waals surface area contributed by atoms with Gasteiger partial charge in [0.15, 0.2) is 0 Å². The molecule has 12 heavy (non-hydrogen) atoms. The lowest BCUT2D eigenvalue weighted by Crippen LogP contribution is -2.66. The lowest BCUT2D eigenvalue weighted by Gasteiger charge is -2.51. The van der Waals surface area contributed by atoms with Crippen molar-refractivity contribution in [2.75, 3.05) is 32.8 Å². The smallest absolute Gasteiger partial charge is 0.0599 e. The maximum atomic E-state index is 9.10. The monoisotopic (exact) mass is 170 g/mol. The molecule has 3 aliphatic heterocycles. The quantitative estimate of drug-likeness (QED) is 0.619. The molecule has 3 heterocycles. The zero-order chi connectivity index (χ0) is 8.55. The van der Waals surface area contributed by atoms with Crippen molar-refractivity contribution in [2.24, 2.45) is 0 Å². The first-order valence-corrected chi connectivity index (χ1v) is 4.94. The second-order valence-electron chi connectivity index (χ2n) is 3.89. The molecular weight excluding hydrogens is 152 g/mol. The SMILES string of the molecule is CCC1CN2CCN1CC2CO. The van der Waals surface area contributed by atoms with E-state index in [0.29, 0.717) is 12.6 Å². The first kappa shape index (κ1) is 8.48. The van der Waals surface area contributed by atoms with E-state index in [9.17, 15) is 0 Å². The fourth-order valence-corrected chi connectivity index (χ4v) is 2.44. The molecule has 0 aliphatic carbocycles. The lowest BCUT2D eigenvalue weighted by atomic mass is 10.0. The summed E-state index contributed by atoms with van der Waals surface area (Å²) in [6.45, 7) is 7.18. The molecule has 3 aliphatic rings. The molecule has 0 amide bonds. The Balaban J connectivity index is 2.01. The number of piperazine rings is 3. The molecule has 3 nitrogen and oxygen atoms in total. The third kappa shape index (κ3) is 1.26.